The highest BCUT2D eigenvalue weighted by atomic mass is 16.6. The van der Waals surface area contributed by atoms with Gasteiger partial charge >= 0.3 is 5.97 Å². The Kier molecular flexibility index (Phi) is 7.01. The number of Topliss-reactive ketones (excluding diaryl/α,β-unsaturated/α-hetero) is 1. The zero-order valence-corrected chi connectivity index (χ0v) is 19.1. The van der Waals surface area contributed by atoms with E-state index >= 15 is 0 Å². The van der Waals surface area contributed by atoms with Gasteiger partial charge in [-0.2, -0.15) is 0 Å². The summed E-state index contributed by atoms with van der Waals surface area (Å²) in [4.78, 5) is 50.0. The van der Waals surface area contributed by atoms with E-state index in [1.807, 2.05) is 12.1 Å². The summed E-state index contributed by atoms with van der Waals surface area (Å²) in [5.41, 5.74) is 2.79. The molecule has 0 saturated carbocycles. The summed E-state index contributed by atoms with van der Waals surface area (Å²) in [6, 6.07) is 22.1. The molecule has 1 heterocycles. The number of benzene rings is 3. The molecule has 3 aromatic carbocycles. The lowest BCUT2D eigenvalue weighted by molar-refractivity contribution is -0.384. The van der Waals surface area contributed by atoms with Crippen molar-refractivity contribution in [3.05, 3.63) is 94.5 Å². The second kappa shape index (κ2) is 10.3. The third kappa shape index (κ3) is 5.27. The summed E-state index contributed by atoms with van der Waals surface area (Å²) in [5.74, 6) is -1.67. The van der Waals surface area contributed by atoms with E-state index in [0.29, 0.717) is 17.7 Å². The lowest BCUT2D eigenvalue weighted by Gasteiger charge is -2.19. The first-order valence-corrected chi connectivity index (χ1v) is 11.3. The zero-order chi connectivity index (χ0) is 24.9. The second-order valence-electron chi connectivity index (χ2n) is 8.32. The molecule has 0 unspecified atom stereocenters. The molecule has 178 valence electrons. The van der Waals surface area contributed by atoms with Crippen molar-refractivity contribution in [2.24, 2.45) is 5.92 Å². The molecule has 2 atom stereocenters. The first kappa shape index (κ1) is 23.8. The van der Waals surface area contributed by atoms with Gasteiger partial charge < -0.3 is 9.64 Å². The number of anilines is 1. The molecule has 1 saturated heterocycles. The van der Waals surface area contributed by atoms with Crippen molar-refractivity contribution in [2.75, 3.05) is 11.4 Å². The molecule has 0 spiro atoms. The molecule has 0 radical (unpaired) electrons. The maximum Gasteiger partial charge on any atom is 0.312 e. The van der Waals surface area contributed by atoms with Crippen molar-refractivity contribution >= 4 is 29.0 Å². The minimum absolute atomic E-state index is 0.0128. The monoisotopic (exact) mass is 472 g/mol. The van der Waals surface area contributed by atoms with Gasteiger partial charge in [-0.15, -0.1) is 0 Å². The zero-order valence-electron chi connectivity index (χ0n) is 19.1. The van der Waals surface area contributed by atoms with Gasteiger partial charge in [0.2, 0.25) is 11.7 Å². The van der Waals surface area contributed by atoms with Gasteiger partial charge in [0.15, 0.2) is 6.10 Å². The smallest absolute Gasteiger partial charge is 0.312 e. The molecule has 3 aromatic rings. The fourth-order valence-electron chi connectivity index (χ4n) is 4.07. The normalized spacial score (nSPS) is 16.1. The van der Waals surface area contributed by atoms with Gasteiger partial charge in [0.05, 0.1) is 10.8 Å². The summed E-state index contributed by atoms with van der Waals surface area (Å²) >= 11 is 0. The third-order valence-corrected chi connectivity index (χ3v) is 6.03. The van der Waals surface area contributed by atoms with Crippen LogP contribution >= 0.6 is 0 Å². The van der Waals surface area contributed by atoms with E-state index in [1.165, 1.54) is 17.0 Å². The van der Waals surface area contributed by atoms with Crippen LogP contribution in [0.5, 0.6) is 0 Å². The first-order chi connectivity index (χ1) is 16.9. The molecule has 8 nitrogen and oxygen atoms in total. The molecule has 8 heteroatoms. The van der Waals surface area contributed by atoms with Gasteiger partial charge in [0.25, 0.3) is 5.69 Å². The Morgan fingerprint density at radius 1 is 1.00 bits per heavy atom. The van der Waals surface area contributed by atoms with Crippen LogP contribution in [-0.2, 0) is 14.3 Å². The van der Waals surface area contributed by atoms with Crippen LogP contribution in [0, 0.1) is 16.0 Å². The van der Waals surface area contributed by atoms with Gasteiger partial charge in [0.1, 0.15) is 0 Å². The van der Waals surface area contributed by atoms with E-state index in [-0.39, 0.29) is 30.3 Å². The molecule has 0 bridgehead atoms. The second-order valence-corrected chi connectivity index (χ2v) is 8.32. The molecule has 1 aliphatic heterocycles. The largest absolute Gasteiger partial charge is 0.454 e. The maximum absolute atomic E-state index is 12.8. The minimum Gasteiger partial charge on any atom is -0.454 e. The fraction of sp³-hybridized carbons (Fsp3) is 0.222. The molecular formula is C27H24N2O6. The van der Waals surface area contributed by atoms with Crippen LogP contribution in [0.15, 0.2) is 78.9 Å². The Balaban J connectivity index is 1.41. The summed E-state index contributed by atoms with van der Waals surface area (Å²) < 4.78 is 5.52. The number of esters is 1. The quantitative estimate of drug-likeness (QED) is 0.201. The molecule has 0 aliphatic carbocycles. The molecule has 1 aliphatic rings. The molecule has 0 aromatic heterocycles. The lowest BCUT2D eigenvalue weighted by atomic mass is 10.0. The summed E-state index contributed by atoms with van der Waals surface area (Å²) in [6.45, 7) is 1.95. The topological polar surface area (TPSA) is 107 Å². The van der Waals surface area contributed by atoms with Gasteiger partial charge in [-0.3, -0.25) is 24.5 Å². The summed E-state index contributed by atoms with van der Waals surface area (Å²) in [7, 11) is 0. The highest BCUT2D eigenvalue weighted by Crippen LogP contribution is 2.29. The van der Waals surface area contributed by atoms with Crippen LogP contribution in [0.3, 0.4) is 0 Å². The van der Waals surface area contributed by atoms with Crippen LogP contribution in [0.1, 0.15) is 30.1 Å². The molecular weight excluding hydrogens is 448 g/mol. The molecule has 0 N–H and O–H groups in total. The van der Waals surface area contributed by atoms with E-state index in [9.17, 15) is 24.5 Å². The first-order valence-electron chi connectivity index (χ1n) is 11.3. The van der Waals surface area contributed by atoms with E-state index in [2.05, 4.69) is 0 Å². The number of carbonyl (C=O) groups is 3. The van der Waals surface area contributed by atoms with Crippen LogP contribution in [0.25, 0.3) is 11.1 Å². The van der Waals surface area contributed by atoms with Crippen LogP contribution in [0.2, 0.25) is 0 Å². The van der Waals surface area contributed by atoms with Crippen molar-refractivity contribution in [3.63, 3.8) is 0 Å². The highest BCUT2D eigenvalue weighted by molar-refractivity contribution is 6.02. The number of hydrogen-bond donors (Lipinski definition) is 0. The van der Waals surface area contributed by atoms with Crippen LogP contribution in [0.4, 0.5) is 11.4 Å². The summed E-state index contributed by atoms with van der Waals surface area (Å²) in [6.07, 6.45) is -0.539. The minimum atomic E-state index is -0.893. The highest BCUT2D eigenvalue weighted by Gasteiger charge is 2.37. The SMILES string of the molecule is CC[C@H](OC(=O)[C@H]1CC(=O)N(c2ccc(-c3ccc([N+](=O)[O-])cc3)cc2)C1)C(=O)c1ccccc1. The van der Waals surface area contributed by atoms with Crippen LogP contribution < -0.4 is 4.90 Å². The molecule has 1 amide bonds. The standard InChI is InChI=1S/C27H24N2O6/c1-2-24(26(31)20-6-4-3-5-7-20)35-27(32)21-16-25(30)28(17-21)22-12-8-18(9-13-22)19-10-14-23(15-11-19)29(33)34/h3-15,21,24H,2,16-17H2,1H3/t21-,24-/m0/s1. The van der Waals surface area contributed by atoms with Gasteiger partial charge in [-0.05, 0) is 41.8 Å². The average molecular weight is 472 g/mol. The number of ether oxygens (including phenoxy) is 1. The van der Waals surface area contributed by atoms with Gasteiger partial charge in [0, 0.05) is 36.3 Å². The predicted molar refractivity (Wildman–Crippen MR) is 130 cm³/mol. The lowest BCUT2D eigenvalue weighted by Crippen LogP contribution is -2.31. The Morgan fingerprint density at radius 2 is 1.60 bits per heavy atom. The molecule has 4 rings (SSSR count). The number of carbonyl (C=O) groups excluding carboxylic acids is 3. The maximum atomic E-state index is 12.8. The summed E-state index contributed by atoms with van der Waals surface area (Å²) in [5, 5.41) is 10.8. The molecule has 1 fully saturated rings. The van der Waals surface area contributed by atoms with E-state index in [0.717, 1.165) is 11.1 Å². The molecule has 35 heavy (non-hydrogen) atoms. The van der Waals surface area contributed by atoms with Crippen LogP contribution in [-0.4, -0.2) is 35.2 Å². The van der Waals surface area contributed by atoms with Crippen molar-refractivity contribution in [2.45, 2.75) is 25.9 Å². The number of nitro groups is 1. The van der Waals surface area contributed by atoms with E-state index in [1.54, 1.807) is 61.5 Å². The predicted octanol–water partition coefficient (Wildman–Crippen LogP) is 4.82. The average Bonchev–Trinajstić information content (AvgIpc) is 3.29. The van der Waals surface area contributed by atoms with Crippen molar-refractivity contribution in [3.8, 4) is 11.1 Å². The Bertz CT molecular complexity index is 1240. The fourth-order valence-corrected chi connectivity index (χ4v) is 4.07. The number of ketones is 1. The van der Waals surface area contributed by atoms with Crippen molar-refractivity contribution in [1.82, 2.24) is 0 Å². The van der Waals surface area contributed by atoms with Gasteiger partial charge in [-0.1, -0.05) is 49.4 Å². The van der Waals surface area contributed by atoms with Crippen molar-refractivity contribution < 1.29 is 24.0 Å². The van der Waals surface area contributed by atoms with E-state index < -0.39 is 22.9 Å². The van der Waals surface area contributed by atoms with Crippen molar-refractivity contribution in [1.29, 1.82) is 0 Å². The Morgan fingerprint density at radius 3 is 2.17 bits per heavy atom. The van der Waals surface area contributed by atoms with E-state index in [4.69, 9.17) is 4.74 Å². The van der Waals surface area contributed by atoms with Gasteiger partial charge in [-0.25, -0.2) is 0 Å². The Hall–Kier alpha value is -4.33. The number of hydrogen-bond acceptors (Lipinski definition) is 6. The number of rotatable bonds is 8. The number of non-ortho nitro benzene ring substituents is 1. The Labute approximate surface area is 202 Å². The number of amides is 1. The number of nitro benzene ring substituents is 1. The third-order valence-electron chi connectivity index (χ3n) is 6.03. The number of nitrogens with zero attached hydrogens (tertiary/aromatic N) is 2.